The van der Waals surface area contributed by atoms with Gasteiger partial charge in [0.15, 0.2) is 0 Å². The van der Waals surface area contributed by atoms with Crippen molar-refractivity contribution in [1.82, 2.24) is 10.2 Å². The van der Waals surface area contributed by atoms with E-state index in [-0.39, 0.29) is 18.9 Å². The summed E-state index contributed by atoms with van der Waals surface area (Å²) >= 11 is 0. The van der Waals surface area contributed by atoms with Crippen LogP contribution in [-0.2, 0) is 9.53 Å². The third kappa shape index (κ3) is 4.97. The normalized spacial score (nSPS) is 27.6. The number of ether oxygens (including phenoxy) is 1. The van der Waals surface area contributed by atoms with E-state index in [4.69, 9.17) is 4.74 Å². The van der Waals surface area contributed by atoms with Crippen molar-refractivity contribution in [2.75, 3.05) is 25.0 Å². The zero-order valence-electron chi connectivity index (χ0n) is 15.4. The van der Waals surface area contributed by atoms with E-state index in [9.17, 15) is 19.8 Å². The highest BCUT2D eigenvalue weighted by Gasteiger charge is 2.43. The van der Waals surface area contributed by atoms with Crippen molar-refractivity contribution in [2.45, 2.75) is 50.6 Å². The van der Waals surface area contributed by atoms with Gasteiger partial charge in [0.05, 0.1) is 12.5 Å². The minimum Gasteiger partial charge on any atom is -0.388 e. The summed E-state index contributed by atoms with van der Waals surface area (Å²) in [6.45, 7) is 3.45. The lowest BCUT2D eigenvalue weighted by molar-refractivity contribution is -0.134. The fourth-order valence-corrected chi connectivity index (χ4v) is 3.44. The van der Waals surface area contributed by atoms with Gasteiger partial charge in [-0.05, 0) is 31.9 Å². The SMILES string of the molecule is Cc1ccc(NC(=O)NC[C@H]2O[C@@H](CC(=O)N3CCCC3)[C@H](O)[C@@H]2O)cc1. The summed E-state index contributed by atoms with van der Waals surface area (Å²) in [7, 11) is 0. The van der Waals surface area contributed by atoms with Crippen LogP contribution in [-0.4, -0.2) is 71.1 Å². The summed E-state index contributed by atoms with van der Waals surface area (Å²) in [5, 5.41) is 25.7. The number of carbonyl (C=O) groups is 2. The van der Waals surface area contributed by atoms with Crippen LogP contribution in [0.3, 0.4) is 0 Å². The van der Waals surface area contributed by atoms with Gasteiger partial charge in [0.1, 0.15) is 18.3 Å². The Bertz CT molecular complexity index is 660. The number of aryl methyl sites for hydroxylation is 1. The molecule has 8 heteroatoms. The molecule has 0 saturated carbocycles. The number of anilines is 1. The standard InChI is InChI=1S/C19H27N3O5/c1-12-4-6-13(7-5-12)21-19(26)20-11-15-18(25)17(24)14(27-15)10-16(23)22-8-2-3-9-22/h4-7,14-15,17-18,24-25H,2-3,8-11H2,1H3,(H2,20,21,26)/t14-,15+,17-,18+/m0/s1. The van der Waals surface area contributed by atoms with Gasteiger partial charge in [0.2, 0.25) is 5.91 Å². The zero-order valence-corrected chi connectivity index (χ0v) is 15.4. The van der Waals surface area contributed by atoms with Crippen LogP contribution in [0.2, 0.25) is 0 Å². The molecule has 4 N–H and O–H groups in total. The summed E-state index contributed by atoms with van der Waals surface area (Å²) in [4.78, 5) is 26.0. The quantitative estimate of drug-likeness (QED) is 0.601. The van der Waals surface area contributed by atoms with Crippen molar-refractivity contribution in [3.63, 3.8) is 0 Å². The zero-order chi connectivity index (χ0) is 19.4. The first-order valence-electron chi connectivity index (χ1n) is 9.35. The lowest BCUT2D eigenvalue weighted by Crippen LogP contribution is -2.41. The molecule has 0 spiro atoms. The van der Waals surface area contributed by atoms with Gasteiger partial charge in [-0.1, -0.05) is 17.7 Å². The molecule has 2 fully saturated rings. The number of carbonyl (C=O) groups excluding carboxylic acids is 2. The van der Waals surface area contributed by atoms with E-state index >= 15 is 0 Å². The molecule has 8 nitrogen and oxygen atoms in total. The number of aliphatic hydroxyl groups excluding tert-OH is 2. The minimum absolute atomic E-state index is 0.0320. The fourth-order valence-electron chi connectivity index (χ4n) is 3.44. The maximum atomic E-state index is 12.2. The molecule has 3 rings (SSSR count). The molecule has 2 aliphatic rings. The van der Waals surface area contributed by atoms with E-state index in [0.717, 1.165) is 31.5 Å². The van der Waals surface area contributed by atoms with E-state index in [0.29, 0.717) is 5.69 Å². The van der Waals surface area contributed by atoms with Gasteiger partial charge >= 0.3 is 6.03 Å². The van der Waals surface area contributed by atoms with Crippen molar-refractivity contribution in [1.29, 1.82) is 0 Å². The molecule has 0 aliphatic carbocycles. The smallest absolute Gasteiger partial charge is 0.319 e. The van der Waals surface area contributed by atoms with Crippen molar-refractivity contribution >= 4 is 17.6 Å². The Labute approximate surface area is 158 Å². The molecule has 2 heterocycles. The van der Waals surface area contributed by atoms with Crippen molar-refractivity contribution in [3.05, 3.63) is 29.8 Å². The summed E-state index contributed by atoms with van der Waals surface area (Å²) in [6.07, 6.45) is -1.81. The largest absolute Gasteiger partial charge is 0.388 e. The number of amides is 3. The highest BCUT2D eigenvalue weighted by molar-refractivity contribution is 5.89. The highest BCUT2D eigenvalue weighted by atomic mass is 16.5. The van der Waals surface area contributed by atoms with Crippen LogP contribution >= 0.6 is 0 Å². The number of urea groups is 1. The maximum absolute atomic E-state index is 12.2. The minimum atomic E-state index is -1.15. The Morgan fingerprint density at radius 3 is 2.41 bits per heavy atom. The second-order valence-corrected chi connectivity index (χ2v) is 7.19. The maximum Gasteiger partial charge on any atom is 0.319 e. The van der Waals surface area contributed by atoms with Crippen LogP contribution in [0.1, 0.15) is 24.8 Å². The number of nitrogens with zero attached hydrogens (tertiary/aromatic N) is 1. The van der Waals surface area contributed by atoms with Gasteiger partial charge in [-0.25, -0.2) is 4.79 Å². The molecular formula is C19H27N3O5. The molecule has 0 unspecified atom stereocenters. The summed E-state index contributed by atoms with van der Waals surface area (Å²) in [5.41, 5.74) is 1.74. The van der Waals surface area contributed by atoms with Crippen LogP contribution in [0.15, 0.2) is 24.3 Å². The molecule has 3 amide bonds. The molecular weight excluding hydrogens is 350 g/mol. The predicted molar refractivity (Wildman–Crippen MR) is 99.3 cm³/mol. The van der Waals surface area contributed by atoms with Gasteiger partial charge in [-0.3, -0.25) is 4.79 Å². The molecule has 1 aromatic carbocycles. The van der Waals surface area contributed by atoms with E-state index < -0.39 is 30.4 Å². The monoisotopic (exact) mass is 377 g/mol. The Hall–Kier alpha value is -2.16. The van der Waals surface area contributed by atoms with Crippen LogP contribution < -0.4 is 10.6 Å². The number of hydrogen-bond acceptors (Lipinski definition) is 5. The molecule has 2 saturated heterocycles. The molecule has 148 valence electrons. The average molecular weight is 377 g/mol. The van der Waals surface area contributed by atoms with E-state index in [1.165, 1.54) is 0 Å². The summed E-state index contributed by atoms with van der Waals surface area (Å²) in [5.74, 6) is -0.0746. The van der Waals surface area contributed by atoms with E-state index in [1.54, 1.807) is 17.0 Å². The van der Waals surface area contributed by atoms with Crippen LogP contribution in [0.4, 0.5) is 10.5 Å². The number of hydrogen-bond donors (Lipinski definition) is 4. The molecule has 0 aromatic heterocycles. The van der Waals surface area contributed by atoms with Crippen molar-refractivity contribution in [2.24, 2.45) is 0 Å². The number of benzene rings is 1. The lowest BCUT2D eigenvalue weighted by atomic mass is 10.1. The first-order chi connectivity index (χ1) is 12.9. The van der Waals surface area contributed by atoms with Gasteiger partial charge in [0, 0.05) is 25.3 Å². The average Bonchev–Trinajstić information content (AvgIpc) is 3.27. The Kier molecular flexibility index (Phi) is 6.30. The van der Waals surface area contributed by atoms with Gasteiger partial charge in [-0.2, -0.15) is 0 Å². The molecule has 0 bridgehead atoms. The number of likely N-dealkylation sites (tertiary alicyclic amines) is 1. The molecule has 1 aromatic rings. The fraction of sp³-hybridized carbons (Fsp3) is 0.579. The molecule has 0 radical (unpaired) electrons. The third-order valence-corrected chi connectivity index (χ3v) is 5.07. The second-order valence-electron chi connectivity index (χ2n) is 7.19. The van der Waals surface area contributed by atoms with Gasteiger partial charge in [0.25, 0.3) is 0 Å². The predicted octanol–water partition coefficient (Wildman–Crippen LogP) is 0.618. The Morgan fingerprint density at radius 2 is 1.74 bits per heavy atom. The Balaban J connectivity index is 1.46. The van der Waals surface area contributed by atoms with Crippen molar-refractivity contribution < 1.29 is 24.5 Å². The van der Waals surface area contributed by atoms with Crippen LogP contribution in [0.5, 0.6) is 0 Å². The van der Waals surface area contributed by atoms with Gasteiger partial charge < -0.3 is 30.5 Å². The highest BCUT2D eigenvalue weighted by Crippen LogP contribution is 2.24. The lowest BCUT2D eigenvalue weighted by Gasteiger charge is -2.19. The number of nitrogens with one attached hydrogen (secondary N) is 2. The van der Waals surface area contributed by atoms with Crippen molar-refractivity contribution in [3.8, 4) is 0 Å². The molecule has 4 atom stereocenters. The molecule has 2 aliphatic heterocycles. The summed E-state index contributed by atoms with van der Waals surface area (Å²) in [6, 6.07) is 6.93. The van der Waals surface area contributed by atoms with E-state index in [2.05, 4.69) is 10.6 Å². The molecule has 27 heavy (non-hydrogen) atoms. The number of rotatable bonds is 5. The van der Waals surface area contributed by atoms with Crippen LogP contribution in [0.25, 0.3) is 0 Å². The van der Waals surface area contributed by atoms with Crippen LogP contribution in [0, 0.1) is 6.92 Å². The topological polar surface area (TPSA) is 111 Å². The van der Waals surface area contributed by atoms with Gasteiger partial charge in [-0.15, -0.1) is 0 Å². The van der Waals surface area contributed by atoms with E-state index in [1.807, 2.05) is 19.1 Å². The third-order valence-electron chi connectivity index (χ3n) is 5.07. The Morgan fingerprint density at radius 1 is 1.11 bits per heavy atom. The summed E-state index contributed by atoms with van der Waals surface area (Å²) < 4.78 is 5.64. The number of aliphatic hydroxyl groups is 2. The second kappa shape index (κ2) is 8.69. The first-order valence-corrected chi connectivity index (χ1v) is 9.35. The first kappa shape index (κ1) is 19.6.